The van der Waals surface area contributed by atoms with Crippen molar-refractivity contribution in [2.45, 2.75) is 6.92 Å². The highest BCUT2D eigenvalue weighted by molar-refractivity contribution is 6.29. The molecule has 2 rings (SSSR count). The van der Waals surface area contributed by atoms with E-state index in [4.69, 9.17) is 11.6 Å². The van der Waals surface area contributed by atoms with Gasteiger partial charge in [0.15, 0.2) is 0 Å². The molecule has 0 spiro atoms. The van der Waals surface area contributed by atoms with Crippen LogP contribution in [-0.2, 0) is 0 Å². The number of halogens is 1. The van der Waals surface area contributed by atoms with Crippen LogP contribution in [-0.4, -0.2) is 21.0 Å². The first-order valence-electron chi connectivity index (χ1n) is 5.16. The van der Waals surface area contributed by atoms with E-state index in [1.165, 1.54) is 24.4 Å². The van der Waals surface area contributed by atoms with E-state index in [0.717, 1.165) is 5.56 Å². The molecule has 92 valence electrons. The molecule has 0 saturated heterocycles. The van der Waals surface area contributed by atoms with Gasteiger partial charge in [0.2, 0.25) is 5.95 Å². The van der Waals surface area contributed by atoms with Crippen LogP contribution >= 0.6 is 11.6 Å². The summed E-state index contributed by atoms with van der Waals surface area (Å²) in [5.74, 6) is -0.489. The Bertz CT molecular complexity index is 602. The Kier molecular flexibility index (Phi) is 3.43. The maximum atomic E-state index is 11.9. The molecule has 0 saturated carbocycles. The van der Waals surface area contributed by atoms with Gasteiger partial charge in [0.25, 0.3) is 5.91 Å². The lowest BCUT2D eigenvalue weighted by Gasteiger charge is -2.06. The van der Waals surface area contributed by atoms with Gasteiger partial charge in [0, 0.05) is 6.20 Å². The zero-order valence-corrected chi connectivity index (χ0v) is 10.3. The van der Waals surface area contributed by atoms with Gasteiger partial charge in [-0.1, -0.05) is 17.7 Å². The number of rotatable bonds is 2. The summed E-state index contributed by atoms with van der Waals surface area (Å²) in [5.41, 5.74) is 1.02. The maximum Gasteiger partial charge on any atom is 0.261 e. The number of hydrogen-bond donors (Lipinski definition) is 2. The summed E-state index contributed by atoms with van der Waals surface area (Å²) in [6.07, 6.45) is 1.43. The Morgan fingerprint density at radius 1 is 1.39 bits per heavy atom. The first-order chi connectivity index (χ1) is 8.56. The largest absolute Gasteiger partial charge is 0.507 e. The number of aromatic nitrogens is 2. The molecule has 0 aliphatic carbocycles. The van der Waals surface area contributed by atoms with Crippen molar-refractivity contribution < 1.29 is 9.90 Å². The molecule has 2 aromatic rings. The summed E-state index contributed by atoms with van der Waals surface area (Å²) in [6, 6.07) is 6.27. The minimum Gasteiger partial charge on any atom is -0.507 e. The van der Waals surface area contributed by atoms with Crippen LogP contribution in [0.15, 0.2) is 30.5 Å². The van der Waals surface area contributed by atoms with E-state index in [2.05, 4.69) is 15.3 Å². The summed E-state index contributed by atoms with van der Waals surface area (Å²) in [5, 5.41) is 12.4. The predicted octanol–water partition coefficient (Wildman–Crippen LogP) is 2.40. The second-order valence-corrected chi connectivity index (χ2v) is 4.06. The molecule has 0 unspecified atom stereocenters. The van der Waals surface area contributed by atoms with Crippen molar-refractivity contribution in [3.8, 4) is 5.75 Å². The predicted molar refractivity (Wildman–Crippen MR) is 67.8 cm³/mol. The molecule has 0 aliphatic heterocycles. The molecule has 18 heavy (non-hydrogen) atoms. The number of anilines is 1. The van der Waals surface area contributed by atoms with E-state index in [-0.39, 0.29) is 22.4 Å². The lowest BCUT2D eigenvalue weighted by molar-refractivity contribution is 0.102. The fourth-order valence-corrected chi connectivity index (χ4v) is 1.54. The van der Waals surface area contributed by atoms with Gasteiger partial charge >= 0.3 is 0 Å². The number of benzene rings is 1. The highest BCUT2D eigenvalue weighted by Gasteiger charge is 2.12. The van der Waals surface area contributed by atoms with Gasteiger partial charge in [-0.15, -0.1) is 0 Å². The van der Waals surface area contributed by atoms with Crippen molar-refractivity contribution in [2.24, 2.45) is 0 Å². The topological polar surface area (TPSA) is 75.1 Å². The Morgan fingerprint density at radius 3 is 2.83 bits per heavy atom. The van der Waals surface area contributed by atoms with Crippen molar-refractivity contribution in [1.82, 2.24) is 9.97 Å². The molecule has 0 radical (unpaired) electrons. The van der Waals surface area contributed by atoms with Crippen LogP contribution in [0, 0.1) is 6.92 Å². The van der Waals surface area contributed by atoms with Gasteiger partial charge in [-0.05, 0) is 30.7 Å². The first kappa shape index (κ1) is 12.3. The molecule has 2 N–H and O–H groups in total. The number of hydrogen-bond acceptors (Lipinski definition) is 4. The SMILES string of the molecule is Cc1ccc(C(=O)Nc2nccc(Cl)n2)c(O)c1. The Balaban J connectivity index is 2.22. The van der Waals surface area contributed by atoms with Crippen LogP contribution in [0.3, 0.4) is 0 Å². The highest BCUT2D eigenvalue weighted by atomic mass is 35.5. The quantitative estimate of drug-likeness (QED) is 0.816. The van der Waals surface area contributed by atoms with Gasteiger partial charge in [-0.25, -0.2) is 9.97 Å². The van der Waals surface area contributed by atoms with Crippen molar-refractivity contribution in [1.29, 1.82) is 0 Å². The van der Waals surface area contributed by atoms with Crippen LogP contribution in [0.4, 0.5) is 5.95 Å². The van der Waals surface area contributed by atoms with E-state index in [0.29, 0.717) is 0 Å². The van der Waals surface area contributed by atoms with Crippen molar-refractivity contribution in [3.63, 3.8) is 0 Å². The number of amides is 1. The molecule has 1 amide bonds. The number of nitrogens with one attached hydrogen (secondary N) is 1. The lowest BCUT2D eigenvalue weighted by atomic mass is 10.1. The summed E-state index contributed by atoms with van der Waals surface area (Å²) < 4.78 is 0. The molecule has 1 aromatic carbocycles. The third-order valence-electron chi connectivity index (χ3n) is 2.24. The molecule has 0 bridgehead atoms. The van der Waals surface area contributed by atoms with Crippen molar-refractivity contribution in [3.05, 3.63) is 46.7 Å². The average molecular weight is 264 g/mol. The first-order valence-corrected chi connectivity index (χ1v) is 5.53. The normalized spacial score (nSPS) is 10.1. The summed E-state index contributed by atoms with van der Waals surface area (Å²) in [4.78, 5) is 19.5. The Morgan fingerprint density at radius 2 is 2.17 bits per heavy atom. The standard InChI is InChI=1S/C12H10ClN3O2/c1-7-2-3-8(9(17)6-7)11(18)16-12-14-5-4-10(13)15-12/h2-6,17H,1H3,(H,14,15,16,18). The average Bonchev–Trinajstić information content (AvgIpc) is 2.28. The molecule has 0 aliphatic rings. The zero-order valence-electron chi connectivity index (χ0n) is 9.51. The minimum atomic E-state index is -0.491. The van der Waals surface area contributed by atoms with Gasteiger partial charge in [-0.2, -0.15) is 0 Å². The fourth-order valence-electron chi connectivity index (χ4n) is 1.40. The second-order valence-electron chi connectivity index (χ2n) is 3.68. The number of carbonyl (C=O) groups is 1. The van der Waals surface area contributed by atoms with Crippen molar-refractivity contribution >= 4 is 23.5 Å². The molecule has 0 atom stereocenters. The second kappa shape index (κ2) is 5.01. The summed E-state index contributed by atoms with van der Waals surface area (Å²) in [7, 11) is 0. The third kappa shape index (κ3) is 2.75. The smallest absolute Gasteiger partial charge is 0.261 e. The molecule has 6 heteroatoms. The van der Waals surface area contributed by atoms with Gasteiger partial charge in [0.05, 0.1) is 5.56 Å². The van der Waals surface area contributed by atoms with Crippen LogP contribution in [0.2, 0.25) is 5.15 Å². The number of aryl methyl sites for hydroxylation is 1. The molecular formula is C12H10ClN3O2. The van der Waals surface area contributed by atoms with Crippen LogP contribution < -0.4 is 5.32 Å². The van der Waals surface area contributed by atoms with Gasteiger partial charge in [0.1, 0.15) is 10.9 Å². The van der Waals surface area contributed by atoms with Gasteiger partial charge in [-0.3, -0.25) is 10.1 Å². The zero-order chi connectivity index (χ0) is 13.1. The number of phenols is 1. The van der Waals surface area contributed by atoms with E-state index < -0.39 is 5.91 Å². The molecule has 1 heterocycles. The van der Waals surface area contributed by atoms with Crippen LogP contribution in [0.1, 0.15) is 15.9 Å². The maximum absolute atomic E-state index is 11.9. The molecule has 5 nitrogen and oxygen atoms in total. The Hall–Kier alpha value is -2.14. The van der Waals surface area contributed by atoms with Crippen molar-refractivity contribution in [2.75, 3.05) is 5.32 Å². The third-order valence-corrected chi connectivity index (χ3v) is 2.46. The van der Waals surface area contributed by atoms with E-state index >= 15 is 0 Å². The van der Waals surface area contributed by atoms with E-state index in [9.17, 15) is 9.90 Å². The number of carbonyl (C=O) groups excluding carboxylic acids is 1. The molecule has 0 fully saturated rings. The summed E-state index contributed by atoms with van der Waals surface area (Å²) >= 11 is 5.67. The lowest BCUT2D eigenvalue weighted by Crippen LogP contribution is -2.14. The summed E-state index contributed by atoms with van der Waals surface area (Å²) in [6.45, 7) is 1.82. The van der Waals surface area contributed by atoms with E-state index in [1.54, 1.807) is 6.07 Å². The Labute approximate surface area is 108 Å². The number of phenolic OH excluding ortho intramolecular Hbond substituents is 1. The molecular weight excluding hydrogens is 254 g/mol. The van der Waals surface area contributed by atoms with Crippen LogP contribution in [0.25, 0.3) is 0 Å². The van der Waals surface area contributed by atoms with E-state index in [1.807, 2.05) is 6.92 Å². The minimum absolute atomic E-state index is 0.0884. The molecule has 1 aromatic heterocycles. The van der Waals surface area contributed by atoms with Gasteiger partial charge < -0.3 is 5.11 Å². The number of nitrogens with zero attached hydrogens (tertiary/aromatic N) is 2. The highest BCUT2D eigenvalue weighted by Crippen LogP contribution is 2.19. The fraction of sp³-hybridized carbons (Fsp3) is 0.0833. The van der Waals surface area contributed by atoms with Crippen LogP contribution in [0.5, 0.6) is 5.75 Å². The monoisotopic (exact) mass is 263 g/mol. The number of aromatic hydroxyl groups is 1.